The third-order valence-corrected chi connectivity index (χ3v) is 6.12. The van der Waals surface area contributed by atoms with Crippen molar-refractivity contribution in [3.8, 4) is 0 Å². The van der Waals surface area contributed by atoms with Crippen LogP contribution in [-0.2, 0) is 16.4 Å². The molecule has 1 amide bonds. The first-order chi connectivity index (χ1) is 12.9. The van der Waals surface area contributed by atoms with Crippen molar-refractivity contribution < 1.29 is 13.2 Å². The molecule has 0 aliphatic heterocycles. The first-order valence-electron chi connectivity index (χ1n) is 8.53. The second-order valence-electron chi connectivity index (χ2n) is 6.31. The van der Waals surface area contributed by atoms with Gasteiger partial charge in [0.1, 0.15) is 0 Å². The molecule has 0 saturated heterocycles. The number of pyridine rings is 1. The summed E-state index contributed by atoms with van der Waals surface area (Å²) in [4.78, 5) is 16.9. The van der Waals surface area contributed by atoms with E-state index < -0.39 is 10.0 Å². The quantitative estimate of drug-likeness (QED) is 0.709. The van der Waals surface area contributed by atoms with Crippen LogP contribution in [0.1, 0.15) is 15.9 Å². The maximum absolute atomic E-state index is 12.3. The first kappa shape index (κ1) is 19.0. The lowest BCUT2D eigenvalue weighted by Crippen LogP contribution is -2.26. The molecule has 2 aromatic carbocycles. The fourth-order valence-corrected chi connectivity index (χ4v) is 3.67. The van der Waals surface area contributed by atoms with Crippen molar-refractivity contribution in [2.24, 2.45) is 0 Å². The molecule has 140 valence electrons. The van der Waals surface area contributed by atoms with Crippen LogP contribution in [-0.4, -0.2) is 44.3 Å². The van der Waals surface area contributed by atoms with Gasteiger partial charge in [-0.05, 0) is 42.3 Å². The smallest absolute Gasteiger partial charge is 0.251 e. The summed E-state index contributed by atoms with van der Waals surface area (Å²) < 4.78 is 25.3. The van der Waals surface area contributed by atoms with Gasteiger partial charge in [0.25, 0.3) is 5.91 Å². The van der Waals surface area contributed by atoms with Gasteiger partial charge in [-0.3, -0.25) is 9.78 Å². The molecule has 0 spiro atoms. The molecule has 3 aromatic rings. The molecule has 0 bridgehead atoms. The van der Waals surface area contributed by atoms with Gasteiger partial charge >= 0.3 is 0 Å². The minimum Gasteiger partial charge on any atom is -0.352 e. The highest BCUT2D eigenvalue weighted by Gasteiger charge is 2.17. The Bertz CT molecular complexity index is 1060. The monoisotopic (exact) mass is 383 g/mol. The first-order valence-corrected chi connectivity index (χ1v) is 9.97. The van der Waals surface area contributed by atoms with Crippen molar-refractivity contribution in [1.82, 2.24) is 14.6 Å². The highest BCUT2D eigenvalue weighted by atomic mass is 32.2. The summed E-state index contributed by atoms with van der Waals surface area (Å²) >= 11 is 0. The Morgan fingerprint density at radius 3 is 2.44 bits per heavy atom. The largest absolute Gasteiger partial charge is 0.352 e. The Hall–Kier alpha value is -2.77. The number of benzene rings is 2. The standard InChI is InChI=1S/C20H21N3O3S/c1-23(2)27(25,26)18-10-8-17(9-11-18)20(24)22-14-12-16-6-3-5-15-7-4-13-21-19(15)16/h3-11,13H,12,14H2,1-2H3,(H,22,24). The molecular formula is C20H21N3O3S. The molecule has 6 nitrogen and oxygen atoms in total. The number of carbonyl (C=O) groups excluding carboxylic acids is 1. The van der Waals surface area contributed by atoms with E-state index in [9.17, 15) is 13.2 Å². The number of carbonyl (C=O) groups is 1. The molecule has 0 saturated carbocycles. The molecule has 0 atom stereocenters. The number of sulfonamides is 1. The molecule has 0 fully saturated rings. The fraction of sp³-hybridized carbons (Fsp3) is 0.200. The van der Waals surface area contributed by atoms with Crippen LogP contribution in [0.5, 0.6) is 0 Å². The molecule has 0 unspecified atom stereocenters. The number of aromatic nitrogens is 1. The number of hydrogen-bond acceptors (Lipinski definition) is 4. The van der Waals surface area contributed by atoms with Crippen molar-refractivity contribution in [2.75, 3.05) is 20.6 Å². The minimum atomic E-state index is -3.50. The average molecular weight is 383 g/mol. The van der Waals surface area contributed by atoms with E-state index in [1.807, 2.05) is 30.3 Å². The lowest BCUT2D eigenvalue weighted by atomic mass is 10.1. The number of amides is 1. The predicted molar refractivity (Wildman–Crippen MR) is 105 cm³/mol. The normalized spacial score (nSPS) is 11.7. The van der Waals surface area contributed by atoms with Gasteiger partial charge in [0.05, 0.1) is 10.4 Å². The number of nitrogens with zero attached hydrogens (tertiary/aromatic N) is 2. The molecule has 27 heavy (non-hydrogen) atoms. The summed E-state index contributed by atoms with van der Waals surface area (Å²) in [6, 6.07) is 15.8. The third kappa shape index (κ3) is 4.15. The topological polar surface area (TPSA) is 79.4 Å². The van der Waals surface area contributed by atoms with Gasteiger partial charge in [-0.25, -0.2) is 12.7 Å². The van der Waals surface area contributed by atoms with E-state index in [-0.39, 0.29) is 10.8 Å². The summed E-state index contributed by atoms with van der Waals surface area (Å²) in [7, 11) is -0.558. The SMILES string of the molecule is CN(C)S(=O)(=O)c1ccc(C(=O)NCCc2cccc3cccnc23)cc1. The summed E-state index contributed by atoms with van der Waals surface area (Å²) in [6.45, 7) is 0.465. The second-order valence-corrected chi connectivity index (χ2v) is 8.46. The minimum absolute atomic E-state index is 0.158. The molecular weight excluding hydrogens is 362 g/mol. The lowest BCUT2D eigenvalue weighted by Gasteiger charge is -2.12. The number of para-hydroxylation sites is 1. The number of fused-ring (bicyclic) bond motifs is 1. The number of rotatable bonds is 6. The Morgan fingerprint density at radius 2 is 1.74 bits per heavy atom. The van der Waals surface area contributed by atoms with Crippen LogP contribution >= 0.6 is 0 Å². The highest BCUT2D eigenvalue weighted by molar-refractivity contribution is 7.89. The zero-order valence-electron chi connectivity index (χ0n) is 15.2. The van der Waals surface area contributed by atoms with E-state index in [1.165, 1.54) is 38.4 Å². The van der Waals surface area contributed by atoms with E-state index in [0.29, 0.717) is 18.5 Å². The Labute approximate surface area is 158 Å². The zero-order chi connectivity index (χ0) is 19.4. The van der Waals surface area contributed by atoms with Gasteiger partial charge in [-0.15, -0.1) is 0 Å². The zero-order valence-corrected chi connectivity index (χ0v) is 16.0. The second kappa shape index (κ2) is 7.85. The van der Waals surface area contributed by atoms with Gasteiger partial charge in [0, 0.05) is 37.8 Å². The van der Waals surface area contributed by atoms with Crippen LogP contribution in [0.3, 0.4) is 0 Å². The van der Waals surface area contributed by atoms with Crippen LogP contribution in [0.2, 0.25) is 0 Å². The average Bonchev–Trinajstić information content (AvgIpc) is 2.68. The summed E-state index contributed by atoms with van der Waals surface area (Å²) in [5.74, 6) is -0.239. The number of nitrogens with one attached hydrogen (secondary N) is 1. The van der Waals surface area contributed by atoms with Gasteiger partial charge in [-0.2, -0.15) is 0 Å². The van der Waals surface area contributed by atoms with Gasteiger partial charge in [-0.1, -0.05) is 24.3 Å². The van der Waals surface area contributed by atoms with E-state index in [2.05, 4.69) is 10.3 Å². The van der Waals surface area contributed by atoms with Crippen molar-refractivity contribution in [1.29, 1.82) is 0 Å². The van der Waals surface area contributed by atoms with Crippen LogP contribution in [0, 0.1) is 0 Å². The maximum atomic E-state index is 12.3. The van der Waals surface area contributed by atoms with Crippen LogP contribution in [0.4, 0.5) is 0 Å². The maximum Gasteiger partial charge on any atom is 0.251 e. The third-order valence-electron chi connectivity index (χ3n) is 4.29. The molecule has 7 heteroatoms. The predicted octanol–water partition coefficient (Wildman–Crippen LogP) is 2.46. The lowest BCUT2D eigenvalue weighted by molar-refractivity contribution is 0.0954. The van der Waals surface area contributed by atoms with E-state index in [1.54, 1.807) is 6.20 Å². The Balaban J connectivity index is 1.64. The van der Waals surface area contributed by atoms with Gasteiger partial charge in [0.15, 0.2) is 0 Å². The number of hydrogen-bond donors (Lipinski definition) is 1. The molecule has 0 aliphatic carbocycles. The molecule has 0 radical (unpaired) electrons. The van der Waals surface area contributed by atoms with Gasteiger partial charge in [0.2, 0.25) is 10.0 Å². The van der Waals surface area contributed by atoms with Crippen molar-refractivity contribution >= 4 is 26.8 Å². The van der Waals surface area contributed by atoms with Crippen molar-refractivity contribution in [2.45, 2.75) is 11.3 Å². The van der Waals surface area contributed by atoms with Crippen molar-refractivity contribution in [3.05, 3.63) is 71.9 Å². The summed E-state index contributed by atoms with van der Waals surface area (Å²) in [5.41, 5.74) is 2.43. The van der Waals surface area contributed by atoms with Crippen LogP contribution in [0.15, 0.2) is 65.7 Å². The Morgan fingerprint density at radius 1 is 1.04 bits per heavy atom. The molecule has 0 aliphatic rings. The summed E-state index contributed by atoms with van der Waals surface area (Å²) in [5, 5.41) is 3.94. The Kier molecular flexibility index (Phi) is 5.53. The van der Waals surface area contributed by atoms with E-state index >= 15 is 0 Å². The van der Waals surface area contributed by atoms with Gasteiger partial charge < -0.3 is 5.32 Å². The molecule has 1 aromatic heterocycles. The van der Waals surface area contributed by atoms with Crippen LogP contribution < -0.4 is 5.32 Å². The van der Waals surface area contributed by atoms with Crippen molar-refractivity contribution in [3.63, 3.8) is 0 Å². The van der Waals surface area contributed by atoms with Crippen LogP contribution in [0.25, 0.3) is 10.9 Å². The van der Waals surface area contributed by atoms with E-state index in [4.69, 9.17) is 0 Å². The fourth-order valence-electron chi connectivity index (χ4n) is 2.77. The van der Waals surface area contributed by atoms with E-state index in [0.717, 1.165) is 20.8 Å². The highest BCUT2D eigenvalue weighted by Crippen LogP contribution is 2.16. The molecule has 3 rings (SSSR count). The summed E-state index contributed by atoms with van der Waals surface area (Å²) in [6.07, 6.45) is 2.42. The molecule has 1 N–H and O–H groups in total. The molecule has 1 heterocycles.